The predicted molar refractivity (Wildman–Crippen MR) is 98.3 cm³/mol. The molecule has 0 bridgehead atoms. The number of nitrogens with zero attached hydrogens (tertiary/aromatic N) is 2. The first-order valence-electron chi connectivity index (χ1n) is 7.45. The Balaban J connectivity index is 2.13. The quantitative estimate of drug-likeness (QED) is 0.533. The average Bonchev–Trinajstić information content (AvgIpc) is 3.04. The molecule has 0 saturated carbocycles. The van der Waals surface area contributed by atoms with Gasteiger partial charge in [-0.15, -0.1) is 11.3 Å². The van der Waals surface area contributed by atoms with Crippen LogP contribution in [0.4, 0.5) is 11.4 Å². The molecule has 8 nitrogen and oxygen atoms in total. The molecule has 1 atom stereocenters. The second-order valence-corrected chi connectivity index (χ2v) is 8.23. The number of sulfonamides is 1. The minimum Gasteiger partial charge on any atom is -0.379 e. The number of nitrogens with two attached hydrogens (primary N) is 1. The average molecular weight is 384 g/mol. The molecule has 0 aliphatic heterocycles. The Bertz CT molecular complexity index is 835. The second-order valence-electron chi connectivity index (χ2n) is 5.69. The minimum atomic E-state index is -3.99. The van der Waals surface area contributed by atoms with E-state index in [0.717, 1.165) is 12.5 Å². The number of hydrogen-bond acceptors (Lipinski definition) is 7. The third kappa shape index (κ3) is 4.98. The van der Waals surface area contributed by atoms with Gasteiger partial charge in [0.2, 0.25) is 10.0 Å². The normalized spacial score (nSPS) is 13.0. The first-order valence-corrected chi connectivity index (χ1v) is 9.87. The van der Waals surface area contributed by atoms with E-state index in [4.69, 9.17) is 5.14 Å². The van der Waals surface area contributed by atoms with Crippen LogP contribution in [-0.4, -0.2) is 38.9 Å². The number of benzene rings is 1. The van der Waals surface area contributed by atoms with Crippen molar-refractivity contribution in [2.45, 2.75) is 17.4 Å². The maximum Gasteiger partial charge on any atom is 0.293 e. The summed E-state index contributed by atoms with van der Waals surface area (Å²) in [4.78, 5) is 13.6. The van der Waals surface area contributed by atoms with Gasteiger partial charge in [-0.2, -0.15) is 0 Å². The van der Waals surface area contributed by atoms with E-state index in [9.17, 15) is 18.5 Å². The highest BCUT2D eigenvalue weighted by Crippen LogP contribution is 2.29. The fourth-order valence-electron chi connectivity index (χ4n) is 2.47. The van der Waals surface area contributed by atoms with Gasteiger partial charge in [0, 0.05) is 23.5 Å². The van der Waals surface area contributed by atoms with Gasteiger partial charge in [0.05, 0.1) is 9.82 Å². The van der Waals surface area contributed by atoms with Crippen molar-refractivity contribution in [1.82, 2.24) is 4.90 Å². The minimum absolute atomic E-state index is 0.190. The van der Waals surface area contributed by atoms with E-state index >= 15 is 0 Å². The number of rotatable bonds is 8. The van der Waals surface area contributed by atoms with Gasteiger partial charge in [0.15, 0.2) is 0 Å². The summed E-state index contributed by atoms with van der Waals surface area (Å²) in [5.74, 6) is 0. The molecule has 3 N–H and O–H groups in total. The summed E-state index contributed by atoms with van der Waals surface area (Å²) >= 11 is 1.66. The zero-order chi connectivity index (χ0) is 18.6. The largest absolute Gasteiger partial charge is 0.379 e. The Morgan fingerprint density at radius 1 is 1.36 bits per heavy atom. The van der Waals surface area contributed by atoms with Gasteiger partial charge in [-0.3, -0.25) is 10.1 Å². The molecule has 2 rings (SSSR count). The Hall–Kier alpha value is -2.01. The Labute approximate surface area is 150 Å². The van der Waals surface area contributed by atoms with E-state index in [1.165, 1.54) is 17.0 Å². The molecule has 2 aromatic rings. The molecule has 0 aliphatic rings. The predicted octanol–water partition coefficient (Wildman–Crippen LogP) is 2.41. The highest BCUT2D eigenvalue weighted by molar-refractivity contribution is 7.89. The van der Waals surface area contributed by atoms with Crippen molar-refractivity contribution in [2.75, 3.05) is 26.0 Å². The molecule has 25 heavy (non-hydrogen) atoms. The first-order chi connectivity index (χ1) is 11.7. The molecule has 1 aromatic heterocycles. The van der Waals surface area contributed by atoms with Crippen LogP contribution in [0.25, 0.3) is 0 Å². The molecule has 1 heterocycles. The summed E-state index contributed by atoms with van der Waals surface area (Å²) in [5.41, 5.74) is -0.0508. The van der Waals surface area contributed by atoms with Gasteiger partial charge in [0.1, 0.15) is 5.69 Å². The summed E-state index contributed by atoms with van der Waals surface area (Å²) in [6.45, 7) is 0.496. The van der Waals surface area contributed by atoms with Crippen LogP contribution in [0.15, 0.2) is 40.6 Å². The molecule has 0 saturated heterocycles. The molecule has 10 heteroatoms. The van der Waals surface area contributed by atoms with Gasteiger partial charge in [-0.25, -0.2) is 13.6 Å². The van der Waals surface area contributed by atoms with Crippen LogP contribution < -0.4 is 10.5 Å². The standard InChI is InChI=1S/C15H20N4O4S2/c1-18(2)13(15-4-3-9-24-15)7-8-17-12-6-5-11(25(16,22)23)10-14(12)19(20)21/h3-6,9-10,13,17H,7-8H2,1-2H3,(H2,16,22,23)/t13-/m0/s1. The summed E-state index contributed by atoms with van der Waals surface area (Å²) in [5, 5.41) is 21.3. The zero-order valence-corrected chi connectivity index (χ0v) is 15.5. The molecule has 0 aliphatic carbocycles. The SMILES string of the molecule is CN(C)[C@@H](CCNc1ccc(S(N)(=O)=O)cc1[N+](=O)[O-])c1cccs1. The maximum atomic E-state index is 11.4. The number of hydrogen-bond donors (Lipinski definition) is 2. The monoisotopic (exact) mass is 384 g/mol. The van der Waals surface area contributed by atoms with E-state index in [1.54, 1.807) is 11.3 Å². The van der Waals surface area contributed by atoms with Crippen molar-refractivity contribution in [3.8, 4) is 0 Å². The van der Waals surface area contributed by atoms with Crippen molar-refractivity contribution >= 4 is 32.7 Å². The van der Waals surface area contributed by atoms with Gasteiger partial charge >= 0.3 is 0 Å². The summed E-state index contributed by atoms with van der Waals surface area (Å²) < 4.78 is 22.7. The summed E-state index contributed by atoms with van der Waals surface area (Å²) in [6, 6.07) is 7.83. The highest BCUT2D eigenvalue weighted by Gasteiger charge is 2.20. The van der Waals surface area contributed by atoms with Crippen LogP contribution in [0.3, 0.4) is 0 Å². The van der Waals surface area contributed by atoms with E-state index in [0.29, 0.717) is 6.54 Å². The number of primary sulfonamides is 1. The zero-order valence-electron chi connectivity index (χ0n) is 13.9. The fraction of sp³-hybridized carbons (Fsp3) is 0.333. The lowest BCUT2D eigenvalue weighted by Gasteiger charge is -2.23. The number of anilines is 1. The van der Waals surface area contributed by atoms with Crippen molar-refractivity contribution < 1.29 is 13.3 Å². The summed E-state index contributed by atoms with van der Waals surface area (Å²) in [6.07, 6.45) is 0.738. The molecular weight excluding hydrogens is 364 g/mol. The third-order valence-corrected chi connectivity index (χ3v) is 5.61. The molecule has 1 aromatic carbocycles. The van der Waals surface area contributed by atoms with E-state index < -0.39 is 14.9 Å². The topological polar surface area (TPSA) is 119 Å². The van der Waals surface area contributed by atoms with Crippen LogP contribution in [0.2, 0.25) is 0 Å². The Morgan fingerprint density at radius 3 is 2.60 bits per heavy atom. The van der Waals surface area contributed by atoms with E-state index in [1.807, 2.05) is 25.5 Å². The highest BCUT2D eigenvalue weighted by atomic mass is 32.2. The number of nitro groups is 1. The maximum absolute atomic E-state index is 11.4. The lowest BCUT2D eigenvalue weighted by atomic mass is 10.1. The van der Waals surface area contributed by atoms with E-state index in [-0.39, 0.29) is 22.3 Å². The van der Waals surface area contributed by atoms with Crippen molar-refractivity contribution in [1.29, 1.82) is 0 Å². The molecular formula is C15H20N4O4S2. The summed E-state index contributed by atoms with van der Waals surface area (Å²) in [7, 11) is -0.0281. The van der Waals surface area contributed by atoms with Crippen molar-refractivity contribution in [3.63, 3.8) is 0 Å². The van der Waals surface area contributed by atoms with Crippen LogP contribution in [0, 0.1) is 10.1 Å². The lowest BCUT2D eigenvalue weighted by molar-refractivity contribution is -0.384. The van der Waals surface area contributed by atoms with Gasteiger partial charge in [-0.05, 0) is 44.1 Å². The van der Waals surface area contributed by atoms with Crippen LogP contribution in [0.1, 0.15) is 17.3 Å². The third-order valence-electron chi connectivity index (χ3n) is 3.72. The second kappa shape index (κ2) is 7.91. The number of nitro benzene ring substituents is 1. The van der Waals surface area contributed by atoms with E-state index in [2.05, 4.69) is 16.3 Å². The number of nitrogens with one attached hydrogen (secondary N) is 1. The molecule has 0 fully saturated rings. The van der Waals surface area contributed by atoms with Crippen LogP contribution in [-0.2, 0) is 10.0 Å². The Morgan fingerprint density at radius 2 is 2.08 bits per heavy atom. The molecule has 0 spiro atoms. The molecule has 0 amide bonds. The van der Waals surface area contributed by atoms with Crippen LogP contribution in [0.5, 0.6) is 0 Å². The number of thiophene rings is 1. The first kappa shape index (κ1) is 19.3. The smallest absolute Gasteiger partial charge is 0.293 e. The van der Waals surface area contributed by atoms with Gasteiger partial charge in [-0.1, -0.05) is 6.07 Å². The molecule has 0 radical (unpaired) electrons. The molecule has 136 valence electrons. The molecule has 0 unspecified atom stereocenters. The Kier molecular flexibility index (Phi) is 6.11. The van der Waals surface area contributed by atoms with Crippen molar-refractivity contribution in [2.24, 2.45) is 5.14 Å². The fourth-order valence-corrected chi connectivity index (χ4v) is 3.96. The van der Waals surface area contributed by atoms with Crippen molar-refractivity contribution in [3.05, 3.63) is 50.7 Å². The van der Waals surface area contributed by atoms with Gasteiger partial charge in [0.25, 0.3) is 5.69 Å². The van der Waals surface area contributed by atoms with Gasteiger partial charge < -0.3 is 10.2 Å². The van der Waals surface area contributed by atoms with Crippen LogP contribution >= 0.6 is 11.3 Å². The lowest BCUT2D eigenvalue weighted by Crippen LogP contribution is -2.22.